The fraction of sp³-hybridized carbons (Fsp3) is 0.357. The van der Waals surface area contributed by atoms with Gasteiger partial charge in [0, 0.05) is 29.7 Å². The van der Waals surface area contributed by atoms with E-state index in [-0.39, 0.29) is 11.8 Å². The van der Waals surface area contributed by atoms with Crippen molar-refractivity contribution in [2.75, 3.05) is 25.0 Å². The van der Waals surface area contributed by atoms with E-state index in [9.17, 15) is 9.59 Å². The molecule has 6 nitrogen and oxygen atoms in total. The topological polar surface area (TPSA) is 71.8 Å². The molecule has 4 rings (SSSR count). The van der Waals surface area contributed by atoms with Gasteiger partial charge in [-0.25, -0.2) is 0 Å². The average Bonchev–Trinajstić information content (AvgIpc) is 3.21. The molecule has 0 aliphatic carbocycles. The summed E-state index contributed by atoms with van der Waals surface area (Å²) in [6, 6.07) is 17.6. The van der Waals surface area contributed by atoms with Crippen molar-refractivity contribution in [2.24, 2.45) is 0 Å². The van der Waals surface area contributed by atoms with Crippen LogP contribution in [0.25, 0.3) is 0 Å². The van der Waals surface area contributed by atoms with Gasteiger partial charge >= 0.3 is 0 Å². The summed E-state index contributed by atoms with van der Waals surface area (Å²) in [6.45, 7) is 5.66. The highest BCUT2D eigenvalue weighted by Gasteiger charge is 2.26. The van der Waals surface area contributed by atoms with Crippen LogP contribution in [-0.4, -0.2) is 36.4 Å². The third kappa shape index (κ3) is 6.75. The molecule has 0 radical (unpaired) electrons. The van der Waals surface area contributed by atoms with Gasteiger partial charge in [0.05, 0.1) is 12.2 Å². The van der Waals surface area contributed by atoms with Gasteiger partial charge in [-0.15, -0.1) is 0 Å². The quantitative estimate of drug-likeness (QED) is 0.333. The number of halogens is 1. The molecular formula is C28H31BrN2O4. The van der Waals surface area contributed by atoms with Crippen LogP contribution in [0.4, 0.5) is 5.69 Å². The third-order valence-electron chi connectivity index (χ3n) is 6.35. The molecule has 35 heavy (non-hydrogen) atoms. The Morgan fingerprint density at radius 1 is 1.06 bits per heavy atom. The van der Waals surface area contributed by atoms with E-state index < -0.39 is 0 Å². The molecule has 0 atom stereocenters. The maximum absolute atomic E-state index is 12.8. The lowest BCUT2D eigenvalue weighted by Crippen LogP contribution is -2.38. The molecule has 2 heterocycles. The first-order valence-corrected chi connectivity index (χ1v) is 12.8. The van der Waals surface area contributed by atoms with E-state index in [1.165, 1.54) is 5.56 Å². The van der Waals surface area contributed by atoms with Crippen molar-refractivity contribution in [3.8, 4) is 5.75 Å². The van der Waals surface area contributed by atoms with Crippen molar-refractivity contribution in [2.45, 2.75) is 45.4 Å². The van der Waals surface area contributed by atoms with Crippen molar-refractivity contribution in [3.05, 3.63) is 81.7 Å². The predicted molar refractivity (Wildman–Crippen MR) is 140 cm³/mol. The zero-order valence-electron chi connectivity index (χ0n) is 20.2. The fourth-order valence-electron chi connectivity index (χ4n) is 4.45. The van der Waals surface area contributed by atoms with Gasteiger partial charge in [-0.3, -0.25) is 9.59 Å². The number of carbonyl (C=O) groups excluding carboxylic acids is 2. The van der Waals surface area contributed by atoms with Gasteiger partial charge in [0.15, 0.2) is 0 Å². The van der Waals surface area contributed by atoms with Gasteiger partial charge in [0.1, 0.15) is 17.3 Å². The van der Waals surface area contributed by atoms with E-state index in [1.54, 1.807) is 0 Å². The average molecular weight is 539 g/mol. The summed E-state index contributed by atoms with van der Waals surface area (Å²) in [5.74, 6) is 2.69. The molecule has 0 spiro atoms. The SMILES string of the molecule is Cc1cc(C(=O)N2CCC(c3ccc(NC(=O)CCCOc4ccc(Br)cc4)cc3)CC2)c(C)o1. The molecule has 1 N–H and O–H groups in total. The number of carbonyl (C=O) groups is 2. The van der Waals surface area contributed by atoms with E-state index >= 15 is 0 Å². The van der Waals surface area contributed by atoms with Gasteiger partial charge < -0.3 is 19.4 Å². The number of amides is 2. The molecule has 1 aromatic heterocycles. The number of piperidine rings is 1. The van der Waals surface area contributed by atoms with E-state index in [0.717, 1.165) is 47.6 Å². The van der Waals surface area contributed by atoms with Gasteiger partial charge in [0.25, 0.3) is 5.91 Å². The van der Waals surface area contributed by atoms with Crippen LogP contribution in [0.1, 0.15) is 59.0 Å². The van der Waals surface area contributed by atoms with Crippen molar-refractivity contribution < 1.29 is 18.7 Å². The Morgan fingerprint density at radius 3 is 2.37 bits per heavy atom. The van der Waals surface area contributed by atoms with Crippen LogP contribution < -0.4 is 10.1 Å². The van der Waals surface area contributed by atoms with Crippen LogP contribution >= 0.6 is 15.9 Å². The molecule has 7 heteroatoms. The molecule has 1 aliphatic heterocycles. The second kappa shape index (κ2) is 11.6. The molecule has 184 valence electrons. The molecule has 3 aromatic rings. The monoisotopic (exact) mass is 538 g/mol. The number of hydrogen-bond donors (Lipinski definition) is 1. The first-order valence-electron chi connectivity index (χ1n) is 12.0. The lowest BCUT2D eigenvalue weighted by molar-refractivity contribution is -0.116. The number of nitrogens with one attached hydrogen (secondary N) is 1. The molecule has 1 aliphatic rings. The number of benzene rings is 2. The van der Waals surface area contributed by atoms with Crippen LogP contribution in [0.5, 0.6) is 5.75 Å². The highest BCUT2D eigenvalue weighted by Crippen LogP contribution is 2.30. The van der Waals surface area contributed by atoms with Crippen molar-refractivity contribution in [3.63, 3.8) is 0 Å². The number of ether oxygens (including phenoxy) is 1. The van der Waals surface area contributed by atoms with E-state index in [2.05, 4.69) is 33.4 Å². The number of furan rings is 1. The summed E-state index contributed by atoms with van der Waals surface area (Å²) in [5.41, 5.74) is 2.71. The summed E-state index contributed by atoms with van der Waals surface area (Å²) in [7, 11) is 0. The lowest BCUT2D eigenvalue weighted by atomic mass is 9.89. The summed E-state index contributed by atoms with van der Waals surface area (Å²) >= 11 is 3.40. The van der Waals surface area contributed by atoms with E-state index in [4.69, 9.17) is 9.15 Å². The molecule has 1 fully saturated rings. The predicted octanol–water partition coefficient (Wildman–Crippen LogP) is 6.48. The number of aryl methyl sites for hydroxylation is 2. The number of rotatable bonds is 8. The molecule has 1 saturated heterocycles. The largest absolute Gasteiger partial charge is 0.494 e. The summed E-state index contributed by atoms with van der Waals surface area (Å²) < 4.78 is 12.2. The van der Waals surface area contributed by atoms with Crippen LogP contribution in [0, 0.1) is 13.8 Å². The number of hydrogen-bond acceptors (Lipinski definition) is 4. The van der Waals surface area contributed by atoms with Crippen molar-refractivity contribution in [1.29, 1.82) is 0 Å². The summed E-state index contributed by atoms with van der Waals surface area (Å²) in [4.78, 5) is 27.0. The smallest absolute Gasteiger partial charge is 0.257 e. The highest BCUT2D eigenvalue weighted by molar-refractivity contribution is 9.10. The fourth-order valence-corrected chi connectivity index (χ4v) is 4.71. The first-order chi connectivity index (χ1) is 16.9. The van der Waals surface area contributed by atoms with E-state index in [1.807, 2.05) is 61.2 Å². The second-order valence-corrected chi connectivity index (χ2v) is 9.89. The third-order valence-corrected chi connectivity index (χ3v) is 6.88. The molecular weight excluding hydrogens is 508 g/mol. The number of likely N-dealkylation sites (tertiary alicyclic amines) is 1. The molecule has 0 bridgehead atoms. The first kappa shape index (κ1) is 25.0. The standard InChI is InChI=1S/C28H31BrN2O4/c1-19-18-26(20(2)35-19)28(33)31-15-13-22(14-16-31)21-5-9-24(10-6-21)30-27(32)4-3-17-34-25-11-7-23(29)8-12-25/h5-12,18,22H,3-4,13-17H2,1-2H3,(H,30,32). The van der Waals surface area contributed by atoms with Gasteiger partial charge in [-0.2, -0.15) is 0 Å². The normalized spacial score (nSPS) is 14.1. The molecule has 0 unspecified atom stereocenters. The van der Waals surface area contributed by atoms with Crippen LogP contribution in [0.15, 0.2) is 63.5 Å². The maximum atomic E-state index is 12.8. The minimum absolute atomic E-state index is 0.0197. The highest BCUT2D eigenvalue weighted by atomic mass is 79.9. The molecule has 2 amide bonds. The minimum atomic E-state index is -0.0197. The maximum Gasteiger partial charge on any atom is 0.257 e. The van der Waals surface area contributed by atoms with Crippen molar-refractivity contribution >= 4 is 33.4 Å². The minimum Gasteiger partial charge on any atom is -0.494 e. The van der Waals surface area contributed by atoms with Gasteiger partial charge in [0.2, 0.25) is 5.91 Å². The number of anilines is 1. The second-order valence-electron chi connectivity index (χ2n) is 8.97. The Balaban J connectivity index is 1.19. The summed E-state index contributed by atoms with van der Waals surface area (Å²) in [5, 5.41) is 2.96. The van der Waals surface area contributed by atoms with Crippen molar-refractivity contribution in [1.82, 2.24) is 4.90 Å². The molecule has 2 aromatic carbocycles. The Bertz CT molecular complexity index is 1150. The Hall–Kier alpha value is -3.06. The van der Waals surface area contributed by atoms with Gasteiger partial charge in [-0.05, 0) is 87.1 Å². The zero-order chi connectivity index (χ0) is 24.8. The zero-order valence-corrected chi connectivity index (χ0v) is 21.8. The Morgan fingerprint density at radius 2 is 1.74 bits per heavy atom. The summed E-state index contributed by atoms with van der Waals surface area (Å²) in [6.07, 6.45) is 2.90. The van der Waals surface area contributed by atoms with Gasteiger partial charge in [-0.1, -0.05) is 28.1 Å². The van der Waals surface area contributed by atoms with Crippen LogP contribution in [-0.2, 0) is 4.79 Å². The lowest BCUT2D eigenvalue weighted by Gasteiger charge is -2.32. The van der Waals surface area contributed by atoms with Crippen LogP contribution in [0.3, 0.4) is 0 Å². The van der Waals surface area contributed by atoms with Crippen LogP contribution in [0.2, 0.25) is 0 Å². The number of nitrogens with zero attached hydrogens (tertiary/aromatic N) is 1. The van der Waals surface area contributed by atoms with E-state index in [0.29, 0.717) is 36.7 Å². The molecule has 0 saturated carbocycles. The Labute approximate surface area is 214 Å². The Kier molecular flexibility index (Phi) is 8.29.